The second-order valence-corrected chi connectivity index (χ2v) is 7.11. The van der Waals surface area contributed by atoms with Crippen molar-refractivity contribution in [3.63, 3.8) is 0 Å². The summed E-state index contributed by atoms with van der Waals surface area (Å²) in [5, 5.41) is 0. The predicted octanol–water partition coefficient (Wildman–Crippen LogP) is 1.82. The standard InChI is InChI=1S/C19H27N3O2/c1-14-6-4-7-17(15(14)2)22-13-16(12-18(22)23)19(24)21-9-5-8-20(3)10-11-21/h4,6-7,16H,5,8-13H2,1-3H3. The van der Waals surface area contributed by atoms with E-state index < -0.39 is 0 Å². The molecule has 1 atom stereocenters. The van der Waals surface area contributed by atoms with Gasteiger partial charge in [0.05, 0.1) is 5.92 Å². The number of anilines is 1. The van der Waals surface area contributed by atoms with Gasteiger partial charge < -0.3 is 14.7 Å². The number of hydrogen-bond acceptors (Lipinski definition) is 3. The van der Waals surface area contributed by atoms with Gasteiger partial charge in [-0.2, -0.15) is 0 Å². The largest absolute Gasteiger partial charge is 0.341 e. The van der Waals surface area contributed by atoms with E-state index in [-0.39, 0.29) is 17.7 Å². The van der Waals surface area contributed by atoms with Crippen LogP contribution in [0, 0.1) is 19.8 Å². The fourth-order valence-electron chi connectivity index (χ4n) is 3.66. The van der Waals surface area contributed by atoms with Crippen molar-refractivity contribution in [2.75, 3.05) is 44.7 Å². The van der Waals surface area contributed by atoms with Gasteiger partial charge in [-0.25, -0.2) is 0 Å². The zero-order valence-electron chi connectivity index (χ0n) is 14.9. The van der Waals surface area contributed by atoms with Crippen LogP contribution in [0.25, 0.3) is 0 Å². The summed E-state index contributed by atoms with van der Waals surface area (Å²) in [4.78, 5) is 31.4. The monoisotopic (exact) mass is 329 g/mol. The minimum absolute atomic E-state index is 0.0639. The summed E-state index contributed by atoms with van der Waals surface area (Å²) in [7, 11) is 2.09. The molecule has 1 aromatic carbocycles. The third-order valence-electron chi connectivity index (χ3n) is 5.37. The van der Waals surface area contributed by atoms with E-state index in [9.17, 15) is 9.59 Å². The Kier molecular flexibility index (Phi) is 4.90. The van der Waals surface area contributed by atoms with Crippen LogP contribution >= 0.6 is 0 Å². The second-order valence-electron chi connectivity index (χ2n) is 7.11. The van der Waals surface area contributed by atoms with Gasteiger partial charge in [0.25, 0.3) is 0 Å². The number of carbonyl (C=O) groups excluding carboxylic acids is 2. The van der Waals surface area contributed by atoms with Crippen LogP contribution in [0.3, 0.4) is 0 Å². The van der Waals surface area contributed by atoms with E-state index in [0.29, 0.717) is 13.0 Å². The Hall–Kier alpha value is -1.88. The fourth-order valence-corrected chi connectivity index (χ4v) is 3.66. The van der Waals surface area contributed by atoms with E-state index in [0.717, 1.165) is 43.9 Å². The van der Waals surface area contributed by atoms with E-state index >= 15 is 0 Å². The Morgan fingerprint density at radius 3 is 2.71 bits per heavy atom. The van der Waals surface area contributed by atoms with Gasteiger partial charge in [-0.3, -0.25) is 9.59 Å². The van der Waals surface area contributed by atoms with Gasteiger partial charge in [0.2, 0.25) is 11.8 Å². The molecule has 0 spiro atoms. The summed E-state index contributed by atoms with van der Waals surface area (Å²) in [5.41, 5.74) is 3.24. The van der Waals surface area contributed by atoms with E-state index in [1.807, 2.05) is 24.0 Å². The SMILES string of the molecule is Cc1cccc(N2CC(C(=O)N3CCCN(C)CC3)CC2=O)c1C. The van der Waals surface area contributed by atoms with Crippen LogP contribution in [0.1, 0.15) is 24.0 Å². The van der Waals surface area contributed by atoms with Crippen LogP contribution in [0.4, 0.5) is 5.69 Å². The van der Waals surface area contributed by atoms with Crippen molar-refractivity contribution in [1.82, 2.24) is 9.80 Å². The Labute approximate surface area is 144 Å². The van der Waals surface area contributed by atoms with Gasteiger partial charge in [-0.1, -0.05) is 12.1 Å². The van der Waals surface area contributed by atoms with Crippen molar-refractivity contribution in [3.8, 4) is 0 Å². The maximum absolute atomic E-state index is 12.9. The average Bonchev–Trinajstić information content (AvgIpc) is 2.80. The Morgan fingerprint density at radius 1 is 1.12 bits per heavy atom. The van der Waals surface area contributed by atoms with E-state index in [2.05, 4.69) is 24.9 Å². The van der Waals surface area contributed by atoms with Crippen LogP contribution in [0.2, 0.25) is 0 Å². The van der Waals surface area contributed by atoms with Gasteiger partial charge in [0.1, 0.15) is 0 Å². The normalized spacial score (nSPS) is 22.8. The highest BCUT2D eigenvalue weighted by Gasteiger charge is 2.37. The third-order valence-corrected chi connectivity index (χ3v) is 5.37. The van der Waals surface area contributed by atoms with Gasteiger partial charge in [0.15, 0.2) is 0 Å². The topological polar surface area (TPSA) is 43.9 Å². The molecule has 1 aromatic rings. The van der Waals surface area contributed by atoms with Gasteiger partial charge in [0, 0.05) is 38.3 Å². The molecular weight excluding hydrogens is 302 g/mol. The first-order valence-electron chi connectivity index (χ1n) is 8.81. The van der Waals surface area contributed by atoms with E-state index in [4.69, 9.17) is 0 Å². The minimum Gasteiger partial charge on any atom is -0.341 e. The van der Waals surface area contributed by atoms with E-state index in [1.54, 1.807) is 4.90 Å². The van der Waals surface area contributed by atoms with Gasteiger partial charge in [-0.05, 0) is 51.1 Å². The number of aryl methyl sites for hydroxylation is 1. The molecule has 2 amide bonds. The van der Waals surface area contributed by atoms with Crippen LogP contribution in [-0.4, -0.2) is 61.4 Å². The van der Waals surface area contributed by atoms with Crippen molar-refractivity contribution in [3.05, 3.63) is 29.3 Å². The molecule has 2 saturated heterocycles. The molecule has 5 nitrogen and oxygen atoms in total. The molecule has 0 bridgehead atoms. The van der Waals surface area contributed by atoms with Crippen molar-refractivity contribution >= 4 is 17.5 Å². The summed E-state index contributed by atoms with van der Waals surface area (Å²) in [6.45, 7) is 8.11. The number of amides is 2. The molecule has 0 saturated carbocycles. The van der Waals surface area contributed by atoms with Crippen molar-refractivity contribution in [1.29, 1.82) is 0 Å². The maximum Gasteiger partial charge on any atom is 0.228 e. The van der Waals surface area contributed by atoms with Crippen LogP contribution in [-0.2, 0) is 9.59 Å². The lowest BCUT2D eigenvalue weighted by Crippen LogP contribution is -2.39. The molecule has 2 fully saturated rings. The Balaban J connectivity index is 1.72. The summed E-state index contributed by atoms with van der Waals surface area (Å²) < 4.78 is 0. The maximum atomic E-state index is 12.9. The number of benzene rings is 1. The number of carbonyl (C=O) groups is 2. The Morgan fingerprint density at radius 2 is 1.92 bits per heavy atom. The molecule has 2 heterocycles. The fraction of sp³-hybridized carbons (Fsp3) is 0.579. The van der Waals surface area contributed by atoms with Crippen LogP contribution in [0.5, 0.6) is 0 Å². The summed E-state index contributed by atoms with van der Waals surface area (Å²) >= 11 is 0. The number of hydrogen-bond donors (Lipinski definition) is 0. The first-order valence-corrected chi connectivity index (χ1v) is 8.81. The lowest BCUT2D eigenvalue weighted by Gasteiger charge is -2.24. The van der Waals surface area contributed by atoms with Crippen molar-refractivity contribution < 1.29 is 9.59 Å². The smallest absolute Gasteiger partial charge is 0.228 e. The van der Waals surface area contributed by atoms with Gasteiger partial charge >= 0.3 is 0 Å². The zero-order valence-corrected chi connectivity index (χ0v) is 14.9. The molecular formula is C19H27N3O2. The third kappa shape index (κ3) is 3.31. The summed E-state index contributed by atoms with van der Waals surface area (Å²) in [5.74, 6) is 0.00117. The van der Waals surface area contributed by atoms with Crippen LogP contribution < -0.4 is 4.90 Å². The molecule has 0 aliphatic carbocycles. The molecule has 130 valence electrons. The summed E-state index contributed by atoms with van der Waals surface area (Å²) in [6.07, 6.45) is 1.34. The molecule has 5 heteroatoms. The van der Waals surface area contributed by atoms with E-state index in [1.165, 1.54) is 5.56 Å². The molecule has 0 radical (unpaired) electrons. The highest BCUT2D eigenvalue weighted by molar-refractivity contribution is 6.00. The van der Waals surface area contributed by atoms with Crippen molar-refractivity contribution in [2.24, 2.45) is 5.92 Å². The first kappa shape index (κ1) is 17.0. The number of rotatable bonds is 2. The molecule has 3 rings (SSSR count). The Bertz CT molecular complexity index is 643. The molecule has 0 aromatic heterocycles. The summed E-state index contributed by atoms with van der Waals surface area (Å²) in [6, 6.07) is 6.01. The lowest BCUT2D eigenvalue weighted by atomic mass is 10.1. The first-order chi connectivity index (χ1) is 11.5. The highest BCUT2D eigenvalue weighted by atomic mass is 16.2. The minimum atomic E-state index is -0.208. The molecule has 2 aliphatic heterocycles. The molecule has 0 N–H and O–H groups in total. The highest BCUT2D eigenvalue weighted by Crippen LogP contribution is 2.30. The zero-order chi connectivity index (χ0) is 17.3. The number of nitrogens with zero attached hydrogens (tertiary/aromatic N) is 3. The van der Waals surface area contributed by atoms with Crippen molar-refractivity contribution in [2.45, 2.75) is 26.7 Å². The lowest BCUT2D eigenvalue weighted by molar-refractivity contribution is -0.135. The predicted molar refractivity (Wildman–Crippen MR) is 95.1 cm³/mol. The average molecular weight is 329 g/mol. The van der Waals surface area contributed by atoms with Crippen LogP contribution in [0.15, 0.2) is 18.2 Å². The molecule has 1 unspecified atom stereocenters. The quantitative estimate of drug-likeness (QED) is 0.831. The second kappa shape index (κ2) is 6.93. The number of likely N-dealkylation sites (N-methyl/N-ethyl adjacent to an activating group) is 1. The molecule has 24 heavy (non-hydrogen) atoms. The molecule has 2 aliphatic rings. The van der Waals surface area contributed by atoms with Gasteiger partial charge in [-0.15, -0.1) is 0 Å².